The Morgan fingerprint density at radius 3 is 2.45 bits per heavy atom. The molecule has 0 aliphatic rings. The van der Waals surface area contributed by atoms with Gasteiger partial charge >= 0.3 is 5.97 Å². The maximum atomic E-state index is 12.5. The van der Waals surface area contributed by atoms with Gasteiger partial charge in [-0.15, -0.1) is 0 Å². The van der Waals surface area contributed by atoms with E-state index < -0.39 is 16.0 Å². The summed E-state index contributed by atoms with van der Waals surface area (Å²) in [6.45, 7) is 7.60. The molecule has 0 atom stereocenters. The van der Waals surface area contributed by atoms with Gasteiger partial charge < -0.3 is 10.8 Å². The second-order valence-electron chi connectivity index (χ2n) is 4.45. The highest BCUT2D eigenvalue weighted by atomic mass is 32.2. The molecule has 1 rings (SSSR count). The molecule has 0 spiro atoms. The van der Waals surface area contributed by atoms with E-state index in [9.17, 15) is 13.2 Å². The lowest BCUT2D eigenvalue weighted by molar-refractivity contribution is 0.0697. The summed E-state index contributed by atoms with van der Waals surface area (Å²) >= 11 is 0. The van der Waals surface area contributed by atoms with Crippen molar-refractivity contribution in [2.24, 2.45) is 0 Å². The number of benzene rings is 1. The number of carbonyl (C=O) groups is 1. The molecule has 0 amide bonds. The lowest BCUT2D eigenvalue weighted by Gasteiger charge is -2.21. The fourth-order valence-corrected chi connectivity index (χ4v) is 3.33. The molecule has 0 aliphatic heterocycles. The summed E-state index contributed by atoms with van der Waals surface area (Å²) in [5, 5.41) is 8.85. The quantitative estimate of drug-likeness (QED) is 0.613. The van der Waals surface area contributed by atoms with Gasteiger partial charge in [-0.1, -0.05) is 19.1 Å². The molecule has 6 nitrogen and oxygen atoms in total. The van der Waals surface area contributed by atoms with Gasteiger partial charge in [0.15, 0.2) is 0 Å². The van der Waals surface area contributed by atoms with Crippen molar-refractivity contribution in [3.8, 4) is 0 Å². The predicted octanol–water partition coefficient (Wildman–Crippen LogP) is 1.55. The minimum atomic E-state index is -3.76. The molecule has 0 fully saturated rings. The lowest BCUT2D eigenvalue weighted by Crippen LogP contribution is -2.32. The van der Waals surface area contributed by atoms with Crippen LogP contribution in [0.1, 0.15) is 24.2 Å². The summed E-state index contributed by atoms with van der Waals surface area (Å²) in [5.74, 6) is -1.16. The molecule has 0 bridgehead atoms. The Hall–Kier alpha value is -1.86. The first kappa shape index (κ1) is 16.2. The van der Waals surface area contributed by atoms with Gasteiger partial charge in [-0.05, 0) is 25.1 Å². The number of anilines is 1. The Kier molecular flexibility index (Phi) is 4.91. The Bertz CT molecular complexity index is 638. The van der Waals surface area contributed by atoms with Crippen LogP contribution in [0, 0.1) is 0 Å². The number of aromatic carboxylic acids is 1. The lowest BCUT2D eigenvalue weighted by atomic mass is 10.2. The van der Waals surface area contributed by atoms with Crippen LogP contribution in [-0.4, -0.2) is 36.9 Å². The number of carboxylic acids is 1. The van der Waals surface area contributed by atoms with Gasteiger partial charge in [-0.3, -0.25) is 0 Å². The number of nitrogens with zero attached hydrogens (tertiary/aromatic N) is 1. The number of hydrogen-bond donors (Lipinski definition) is 2. The zero-order chi connectivity index (χ0) is 15.5. The normalized spacial score (nSPS) is 11.6. The molecular weight excluding hydrogens is 280 g/mol. The summed E-state index contributed by atoms with van der Waals surface area (Å²) in [5.41, 5.74) is 6.25. The third kappa shape index (κ3) is 3.37. The van der Waals surface area contributed by atoms with Crippen molar-refractivity contribution in [2.45, 2.75) is 18.7 Å². The molecule has 0 unspecified atom stereocenters. The van der Waals surface area contributed by atoms with Crippen molar-refractivity contribution >= 4 is 21.7 Å². The third-order valence-electron chi connectivity index (χ3n) is 2.67. The number of hydrogen-bond acceptors (Lipinski definition) is 4. The van der Waals surface area contributed by atoms with E-state index >= 15 is 0 Å². The van der Waals surface area contributed by atoms with Crippen LogP contribution < -0.4 is 5.73 Å². The number of likely N-dealkylation sites (N-methyl/N-ethyl adjacent to an activating group) is 1. The van der Waals surface area contributed by atoms with Crippen molar-refractivity contribution < 1.29 is 18.3 Å². The van der Waals surface area contributed by atoms with Crippen LogP contribution in [0.3, 0.4) is 0 Å². The number of rotatable bonds is 6. The van der Waals surface area contributed by atoms with Crippen molar-refractivity contribution in [1.29, 1.82) is 0 Å². The molecule has 0 heterocycles. The minimum Gasteiger partial charge on any atom is -0.478 e. The maximum absolute atomic E-state index is 12.5. The van der Waals surface area contributed by atoms with E-state index in [0.717, 1.165) is 6.07 Å². The van der Waals surface area contributed by atoms with E-state index in [-0.39, 0.29) is 29.2 Å². The van der Waals surface area contributed by atoms with Crippen LogP contribution in [0.5, 0.6) is 0 Å². The molecule has 20 heavy (non-hydrogen) atoms. The molecule has 1 aromatic rings. The van der Waals surface area contributed by atoms with E-state index in [1.165, 1.54) is 16.4 Å². The summed E-state index contributed by atoms with van der Waals surface area (Å²) in [6.07, 6.45) is 0. The largest absolute Gasteiger partial charge is 0.478 e. The summed E-state index contributed by atoms with van der Waals surface area (Å²) in [7, 11) is -3.76. The zero-order valence-corrected chi connectivity index (χ0v) is 12.3. The van der Waals surface area contributed by atoms with Gasteiger partial charge in [0.2, 0.25) is 10.0 Å². The maximum Gasteiger partial charge on any atom is 0.335 e. The first-order valence-electron chi connectivity index (χ1n) is 5.97. The molecule has 3 N–H and O–H groups in total. The van der Waals surface area contributed by atoms with Gasteiger partial charge in [0.25, 0.3) is 0 Å². The van der Waals surface area contributed by atoms with Crippen molar-refractivity contribution in [3.05, 3.63) is 35.9 Å². The van der Waals surface area contributed by atoms with Gasteiger partial charge in [-0.25, -0.2) is 13.2 Å². The fraction of sp³-hybridized carbons (Fsp3) is 0.308. The van der Waals surface area contributed by atoms with E-state index in [1.54, 1.807) is 13.8 Å². The number of carboxylic acid groups (broad SMARTS) is 1. The van der Waals surface area contributed by atoms with Crippen LogP contribution in [0.15, 0.2) is 35.2 Å². The second kappa shape index (κ2) is 6.06. The van der Waals surface area contributed by atoms with Gasteiger partial charge in [-0.2, -0.15) is 4.31 Å². The molecule has 0 saturated heterocycles. The first-order chi connectivity index (χ1) is 9.20. The van der Waals surface area contributed by atoms with E-state index in [4.69, 9.17) is 10.8 Å². The first-order valence-corrected chi connectivity index (χ1v) is 7.41. The van der Waals surface area contributed by atoms with Crippen LogP contribution in [0.25, 0.3) is 0 Å². The Morgan fingerprint density at radius 1 is 1.45 bits per heavy atom. The fourth-order valence-electron chi connectivity index (χ4n) is 1.72. The molecular formula is C13H18N2O4S. The topological polar surface area (TPSA) is 101 Å². The highest BCUT2D eigenvalue weighted by molar-refractivity contribution is 7.89. The van der Waals surface area contributed by atoms with E-state index in [2.05, 4.69) is 6.58 Å². The molecule has 0 aliphatic carbocycles. The van der Waals surface area contributed by atoms with E-state index in [0.29, 0.717) is 5.57 Å². The van der Waals surface area contributed by atoms with Gasteiger partial charge in [0, 0.05) is 13.1 Å². The monoisotopic (exact) mass is 298 g/mol. The van der Waals surface area contributed by atoms with Crippen molar-refractivity contribution in [2.75, 3.05) is 18.8 Å². The third-order valence-corrected chi connectivity index (χ3v) is 4.67. The molecule has 0 aromatic heterocycles. The summed E-state index contributed by atoms with van der Waals surface area (Å²) < 4.78 is 26.2. The van der Waals surface area contributed by atoms with Crippen LogP contribution >= 0.6 is 0 Å². The average Bonchev–Trinajstić information content (AvgIpc) is 2.34. The Morgan fingerprint density at radius 2 is 2.05 bits per heavy atom. The van der Waals surface area contributed by atoms with Crippen LogP contribution in [-0.2, 0) is 10.0 Å². The highest BCUT2D eigenvalue weighted by Crippen LogP contribution is 2.24. The zero-order valence-electron chi connectivity index (χ0n) is 11.5. The minimum absolute atomic E-state index is 0.0515. The number of sulfonamides is 1. The summed E-state index contributed by atoms with van der Waals surface area (Å²) in [6, 6.07) is 3.58. The predicted molar refractivity (Wildman–Crippen MR) is 77.1 cm³/mol. The molecule has 1 aromatic carbocycles. The smallest absolute Gasteiger partial charge is 0.335 e. The Labute approximate surface area is 118 Å². The van der Waals surface area contributed by atoms with E-state index in [1.807, 2.05) is 0 Å². The van der Waals surface area contributed by atoms with Gasteiger partial charge in [0.1, 0.15) is 4.90 Å². The van der Waals surface area contributed by atoms with Crippen LogP contribution in [0.4, 0.5) is 5.69 Å². The SMILES string of the molecule is C=C(C)CN(CC)S(=O)(=O)c1ccc(C(=O)O)cc1N. The van der Waals surface area contributed by atoms with Crippen molar-refractivity contribution in [1.82, 2.24) is 4.31 Å². The van der Waals surface area contributed by atoms with Gasteiger partial charge in [0.05, 0.1) is 11.3 Å². The highest BCUT2D eigenvalue weighted by Gasteiger charge is 2.25. The standard InChI is InChI=1S/C13H18N2O4S/c1-4-15(8-9(2)3)20(18,19)12-6-5-10(13(16)17)7-11(12)14/h5-7H,2,4,8,14H2,1,3H3,(H,16,17). The Balaban J connectivity index is 3.27. The molecule has 7 heteroatoms. The van der Waals surface area contributed by atoms with Crippen molar-refractivity contribution in [3.63, 3.8) is 0 Å². The van der Waals surface area contributed by atoms with Crippen LogP contribution in [0.2, 0.25) is 0 Å². The second-order valence-corrected chi connectivity index (χ2v) is 6.35. The number of nitrogens with two attached hydrogens (primary N) is 1. The molecule has 0 saturated carbocycles. The molecule has 0 radical (unpaired) electrons. The number of nitrogen functional groups attached to an aromatic ring is 1. The average molecular weight is 298 g/mol. The molecule has 110 valence electrons. The summed E-state index contributed by atoms with van der Waals surface area (Å²) in [4.78, 5) is 10.7.